The third kappa shape index (κ3) is 2.74. The van der Waals surface area contributed by atoms with Crippen molar-refractivity contribution >= 4 is 11.8 Å². The molecule has 0 radical (unpaired) electrons. The molecular formula is C16H23N3O3. The number of fused-ring (bicyclic) bond motifs is 4. The van der Waals surface area contributed by atoms with E-state index in [1.54, 1.807) is 13.0 Å². The van der Waals surface area contributed by atoms with Crippen LogP contribution >= 0.6 is 0 Å². The Morgan fingerprint density at radius 1 is 1.27 bits per heavy atom. The predicted octanol–water partition coefficient (Wildman–Crippen LogP) is 1.88. The fourth-order valence-electron chi connectivity index (χ4n) is 3.40. The van der Waals surface area contributed by atoms with Crippen molar-refractivity contribution in [2.24, 2.45) is 5.92 Å². The molecule has 2 atom stereocenters. The van der Waals surface area contributed by atoms with E-state index in [1.165, 1.54) is 0 Å². The lowest BCUT2D eigenvalue weighted by molar-refractivity contribution is -0.129. The minimum atomic E-state index is -0.0734. The Morgan fingerprint density at radius 3 is 2.68 bits per heavy atom. The average Bonchev–Trinajstić information content (AvgIpc) is 2.79. The number of carbonyl (C=O) groups excluding carboxylic acids is 2. The van der Waals surface area contributed by atoms with Crippen LogP contribution in [0.15, 0.2) is 10.6 Å². The van der Waals surface area contributed by atoms with Crippen molar-refractivity contribution in [1.82, 2.24) is 15.0 Å². The smallest absolute Gasteiger partial charge is 0.276 e. The lowest BCUT2D eigenvalue weighted by Gasteiger charge is -2.35. The maximum Gasteiger partial charge on any atom is 0.276 e. The van der Waals surface area contributed by atoms with Crippen LogP contribution in [0.5, 0.6) is 0 Å². The summed E-state index contributed by atoms with van der Waals surface area (Å²) < 4.78 is 5.25. The molecule has 0 aromatic carbocycles. The van der Waals surface area contributed by atoms with Gasteiger partial charge in [0.1, 0.15) is 5.76 Å². The molecule has 4 heterocycles. The van der Waals surface area contributed by atoms with Crippen LogP contribution in [0.2, 0.25) is 0 Å². The summed E-state index contributed by atoms with van der Waals surface area (Å²) in [5, 5.41) is 3.93. The minimum absolute atomic E-state index is 0.0734. The molecule has 6 heteroatoms. The molecule has 3 saturated heterocycles. The average molecular weight is 305 g/mol. The van der Waals surface area contributed by atoms with E-state index in [4.69, 9.17) is 4.52 Å². The van der Waals surface area contributed by atoms with Gasteiger partial charge in [0.15, 0.2) is 5.69 Å². The first-order valence-electron chi connectivity index (χ1n) is 7.98. The van der Waals surface area contributed by atoms with Gasteiger partial charge in [0.05, 0.1) is 0 Å². The van der Waals surface area contributed by atoms with Crippen molar-refractivity contribution in [2.75, 3.05) is 19.6 Å². The van der Waals surface area contributed by atoms with Gasteiger partial charge in [0, 0.05) is 44.6 Å². The molecule has 1 aromatic heterocycles. The highest BCUT2D eigenvalue weighted by atomic mass is 16.5. The summed E-state index contributed by atoms with van der Waals surface area (Å²) in [5.74, 6) is 1.32. The van der Waals surface area contributed by atoms with Crippen molar-refractivity contribution in [2.45, 2.75) is 45.6 Å². The molecule has 3 aliphatic rings. The van der Waals surface area contributed by atoms with Gasteiger partial charge in [-0.05, 0) is 18.8 Å². The van der Waals surface area contributed by atoms with Crippen LogP contribution in [0.25, 0.3) is 0 Å². The van der Waals surface area contributed by atoms with Gasteiger partial charge in [-0.2, -0.15) is 0 Å². The number of rotatable bonds is 2. The summed E-state index contributed by atoms with van der Waals surface area (Å²) in [6, 6.07) is 1.84. The predicted molar refractivity (Wildman–Crippen MR) is 80.4 cm³/mol. The Bertz CT molecular complexity index is 581. The molecular weight excluding hydrogens is 282 g/mol. The van der Waals surface area contributed by atoms with Gasteiger partial charge in [-0.1, -0.05) is 19.0 Å². The van der Waals surface area contributed by atoms with Gasteiger partial charge in [0.2, 0.25) is 5.91 Å². The van der Waals surface area contributed by atoms with Crippen LogP contribution in [0.4, 0.5) is 0 Å². The van der Waals surface area contributed by atoms with Crippen LogP contribution in [0, 0.1) is 5.92 Å². The summed E-state index contributed by atoms with van der Waals surface area (Å²) >= 11 is 0. The number of carbonyl (C=O) groups is 2. The fourth-order valence-corrected chi connectivity index (χ4v) is 3.40. The molecule has 0 aliphatic carbocycles. The van der Waals surface area contributed by atoms with Crippen molar-refractivity contribution in [3.8, 4) is 0 Å². The second-order valence-corrected chi connectivity index (χ2v) is 6.75. The number of aromatic nitrogens is 1. The van der Waals surface area contributed by atoms with Crippen molar-refractivity contribution in [3.63, 3.8) is 0 Å². The van der Waals surface area contributed by atoms with Gasteiger partial charge < -0.3 is 14.3 Å². The van der Waals surface area contributed by atoms with Crippen LogP contribution in [-0.4, -0.2) is 52.4 Å². The molecule has 0 N–H and O–H groups in total. The van der Waals surface area contributed by atoms with Crippen molar-refractivity contribution in [1.29, 1.82) is 0 Å². The first-order valence-corrected chi connectivity index (χ1v) is 7.98. The maximum absolute atomic E-state index is 12.8. The Balaban J connectivity index is 1.79. The molecule has 120 valence electrons. The second-order valence-electron chi connectivity index (χ2n) is 6.75. The highest BCUT2D eigenvalue weighted by Crippen LogP contribution is 2.29. The Hall–Kier alpha value is -1.85. The molecule has 0 unspecified atom stereocenters. The molecule has 1 aromatic rings. The van der Waals surface area contributed by atoms with Crippen LogP contribution in [0.3, 0.4) is 0 Å². The Morgan fingerprint density at radius 2 is 2.05 bits per heavy atom. The summed E-state index contributed by atoms with van der Waals surface area (Å²) in [6.45, 7) is 7.71. The van der Waals surface area contributed by atoms with Crippen LogP contribution < -0.4 is 0 Å². The fraction of sp³-hybridized carbons (Fsp3) is 0.688. The SMILES string of the molecule is CC(=O)N1C[C@@H]2CC[C@H](C1)N(C(=O)c1cc(C(C)C)on1)C2. The summed E-state index contributed by atoms with van der Waals surface area (Å²) in [6.07, 6.45) is 2.03. The minimum Gasteiger partial charge on any atom is -0.360 e. The van der Waals surface area contributed by atoms with Crippen molar-refractivity contribution < 1.29 is 14.1 Å². The first kappa shape index (κ1) is 15.1. The van der Waals surface area contributed by atoms with Gasteiger partial charge >= 0.3 is 0 Å². The zero-order chi connectivity index (χ0) is 15.9. The molecule has 3 aliphatic heterocycles. The Kier molecular flexibility index (Phi) is 3.93. The van der Waals surface area contributed by atoms with E-state index in [0.29, 0.717) is 24.7 Å². The molecule has 6 nitrogen and oxygen atoms in total. The molecule has 22 heavy (non-hydrogen) atoms. The zero-order valence-electron chi connectivity index (χ0n) is 13.4. The van der Waals surface area contributed by atoms with Crippen LogP contribution in [0.1, 0.15) is 55.8 Å². The monoisotopic (exact) mass is 305 g/mol. The Labute approximate surface area is 130 Å². The highest BCUT2D eigenvalue weighted by Gasteiger charge is 2.38. The molecule has 0 saturated carbocycles. The standard InChI is InChI=1S/C16H23N3O3/c1-10(2)15-6-14(17-22-15)16(21)19-8-12-4-5-13(19)9-18(7-12)11(3)20/h6,10,12-13H,4-5,7-9H2,1-3H3/t12-,13+/m0/s1. The van der Waals surface area contributed by atoms with E-state index < -0.39 is 0 Å². The van der Waals surface area contributed by atoms with Gasteiger partial charge in [-0.15, -0.1) is 0 Å². The van der Waals surface area contributed by atoms with Gasteiger partial charge in [-0.25, -0.2) is 0 Å². The van der Waals surface area contributed by atoms with E-state index in [2.05, 4.69) is 5.16 Å². The highest BCUT2D eigenvalue weighted by molar-refractivity contribution is 5.92. The lowest BCUT2D eigenvalue weighted by Crippen LogP contribution is -2.47. The molecule has 0 spiro atoms. The maximum atomic E-state index is 12.8. The van der Waals surface area contributed by atoms with Crippen LogP contribution in [-0.2, 0) is 4.79 Å². The van der Waals surface area contributed by atoms with Gasteiger partial charge in [0.25, 0.3) is 5.91 Å². The number of hydrogen-bond donors (Lipinski definition) is 0. The summed E-state index contributed by atoms with van der Waals surface area (Å²) in [4.78, 5) is 28.2. The van der Waals surface area contributed by atoms with E-state index in [-0.39, 0.29) is 23.8 Å². The number of piperidine rings is 1. The van der Waals surface area contributed by atoms with E-state index in [0.717, 1.165) is 25.1 Å². The lowest BCUT2D eigenvalue weighted by atomic mass is 9.94. The number of hydrogen-bond acceptors (Lipinski definition) is 4. The third-order valence-corrected chi connectivity index (χ3v) is 4.74. The number of amides is 2. The molecule has 3 fully saturated rings. The summed E-state index contributed by atoms with van der Waals surface area (Å²) in [5.41, 5.74) is 0.380. The molecule has 2 amide bonds. The van der Waals surface area contributed by atoms with Gasteiger partial charge in [-0.3, -0.25) is 9.59 Å². The second kappa shape index (κ2) is 5.74. The first-order chi connectivity index (χ1) is 10.5. The van der Waals surface area contributed by atoms with E-state index >= 15 is 0 Å². The number of nitrogens with zero attached hydrogens (tertiary/aromatic N) is 3. The largest absolute Gasteiger partial charge is 0.360 e. The molecule has 4 rings (SSSR count). The topological polar surface area (TPSA) is 66.7 Å². The molecule has 2 bridgehead atoms. The van der Waals surface area contributed by atoms with E-state index in [1.807, 2.05) is 23.6 Å². The normalized spacial score (nSPS) is 24.7. The summed E-state index contributed by atoms with van der Waals surface area (Å²) in [7, 11) is 0. The zero-order valence-corrected chi connectivity index (χ0v) is 13.4. The quantitative estimate of drug-likeness (QED) is 0.836. The van der Waals surface area contributed by atoms with E-state index in [9.17, 15) is 9.59 Å². The van der Waals surface area contributed by atoms with Crippen molar-refractivity contribution in [3.05, 3.63) is 17.5 Å². The third-order valence-electron chi connectivity index (χ3n) is 4.74.